The topological polar surface area (TPSA) is 26.3 Å². The molecule has 0 saturated heterocycles. The molecule has 0 heterocycles. The Morgan fingerprint density at radius 3 is 2.64 bits per heavy atom. The van der Waals surface area contributed by atoms with Gasteiger partial charge in [-0.15, -0.1) is 0 Å². The molecule has 0 N–H and O–H groups in total. The van der Waals surface area contributed by atoms with Crippen LogP contribution in [0.25, 0.3) is 0 Å². The second-order valence-electron chi connectivity index (χ2n) is 8.42. The van der Waals surface area contributed by atoms with Gasteiger partial charge in [0.25, 0.3) is 0 Å². The molecular formula is C20H28O2. The highest BCUT2D eigenvalue weighted by Gasteiger charge is 2.58. The lowest BCUT2D eigenvalue weighted by Gasteiger charge is -2.55. The summed E-state index contributed by atoms with van der Waals surface area (Å²) in [5.74, 6) is 3.78. The van der Waals surface area contributed by atoms with Crippen molar-refractivity contribution in [2.24, 2.45) is 28.6 Å². The van der Waals surface area contributed by atoms with E-state index in [2.05, 4.69) is 26.0 Å². The van der Waals surface area contributed by atoms with Crippen LogP contribution in [0.5, 0.6) is 0 Å². The van der Waals surface area contributed by atoms with Crippen molar-refractivity contribution in [1.29, 1.82) is 0 Å². The quantitative estimate of drug-likeness (QED) is 0.704. The van der Waals surface area contributed by atoms with E-state index in [-0.39, 0.29) is 5.41 Å². The Hall–Kier alpha value is -1.05. The number of carbonyl (C=O) groups is 1. The third-order valence-corrected chi connectivity index (χ3v) is 7.70. The summed E-state index contributed by atoms with van der Waals surface area (Å²) < 4.78 is 5.50. The fourth-order valence-electron chi connectivity index (χ4n) is 6.23. The maximum absolute atomic E-state index is 12.4. The van der Waals surface area contributed by atoms with Crippen LogP contribution in [-0.2, 0) is 9.53 Å². The van der Waals surface area contributed by atoms with Crippen molar-refractivity contribution in [1.82, 2.24) is 0 Å². The minimum Gasteiger partial charge on any atom is -0.501 e. The molecule has 120 valence electrons. The fourth-order valence-corrected chi connectivity index (χ4v) is 6.23. The van der Waals surface area contributed by atoms with Gasteiger partial charge in [0.15, 0.2) is 0 Å². The maximum Gasteiger partial charge on any atom is 0.139 e. The summed E-state index contributed by atoms with van der Waals surface area (Å²) in [7, 11) is 1.79. The van der Waals surface area contributed by atoms with Gasteiger partial charge in [-0.05, 0) is 66.9 Å². The first kappa shape index (κ1) is 14.5. The van der Waals surface area contributed by atoms with Gasteiger partial charge in [0, 0.05) is 18.3 Å². The molecule has 0 spiro atoms. The van der Waals surface area contributed by atoms with E-state index in [0.717, 1.165) is 49.7 Å². The molecule has 0 bridgehead atoms. The van der Waals surface area contributed by atoms with E-state index in [4.69, 9.17) is 4.74 Å². The van der Waals surface area contributed by atoms with E-state index in [1.54, 1.807) is 7.11 Å². The lowest BCUT2D eigenvalue weighted by atomic mass is 9.49. The molecule has 0 aromatic heterocycles. The van der Waals surface area contributed by atoms with E-state index >= 15 is 0 Å². The molecule has 2 saturated carbocycles. The number of carbonyl (C=O) groups excluding carboxylic acids is 1. The summed E-state index contributed by atoms with van der Waals surface area (Å²) >= 11 is 0. The van der Waals surface area contributed by atoms with Crippen LogP contribution < -0.4 is 0 Å². The van der Waals surface area contributed by atoms with E-state index in [0.29, 0.717) is 17.1 Å². The van der Waals surface area contributed by atoms with Crippen molar-refractivity contribution in [3.05, 3.63) is 23.5 Å². The second-order valence-corrected chi connectivity index (χ2v) is 8.42. The largest absolute Gasteiger partial charge is 0.501 e. The van der Waals surface area contributed by atoms with Crippen LogP contribution in [0.4, 0.5) is 0 Å². The highest BCUT2D eigenvalue weighted by atomic mass is 16.5. The standard InChI is InChI=1S/C20H28O2/c1-19-10-8-14(22-3)12-13(19)4-5-15-16-6-7-18(21)20(16,2)11-9-17(15)19/h4,12,15-17H,5-11H2,1-3H3/t15-,16-,17+,19+,20+/m1/s1. The molecular weight excluding hydrogens is 272 g/mol. The van der Waals surface area contributed by atoms with E-state index < -0.39 is 0 Å². The monoisotopic (exact) mass is 300 g/mol. The lowest BCUT2D eigenvalue weighted by molar-refractivity contribution is -0.131. The highest BCUT2D eigenvalue weighted by Crippen LogP contribution is 2.63. The van der Waals surface area contributed by atoms with Crippen LogP contribution in [0.2, 0.25) is 0 Å². The molecule has 4 aliphatic rings. The molecule has 0 radical (unpaired) electrons. The minimum absolute atomic E-state index is 0.00886. The van der Waals surface area contributed by atoms with E-state index in [1.165, 1.54) is 18.4 Å². The molecule has 0 amide bonds. The van der Waals surface area contributed by atoms with Gasteiger partial charge in [0.1, 0.15) is 5.78 Å². The smallest absolute Gasteiger partial charge is 0.139 e. The summed E-state index contributed by atoms with van der Waals surface area (Å²) in [4.78, 5) is 12.4. The Kier molecular flexibility index (Phi) is 3.12. The van der Waals surface area contributed by atoms with Gasteiger partial charge in [0.2, 0.25) is 0 Å². The molecule has 2 fully saturated rings. The average molecular weight is 300 g/mol. The zero-order valence-corrected chi connectivity index (χ0v) is 14.2. The van der Waals surface area contributed by atoms with Gasteiger partial charge >= 0.3 is 0 Å². The first-order valence-electron chi connectivity index (χ1n) is 8.97. The number of ketones is 1. The number of methoxy groups -OCH3 is 1. The molecule has 5 atom stereocenters. The first-order valence-corrected chi connectivity index (χ1v) is 8.97. The molecule has 22 heavy (non-hydrogen) atoms. The zero-order chi connectivity index (χ0) is 15.5. The molecule has 4 rings (SSSR count). The van der Waals surface area contributed by atoms with Crippen LogP contribution in [-0.4, -0.2) is 12.9 Å². The maximum atomic E-state index is 12.4. The van der Waals surface area contributed by atoms with Crippen molar-refractivity contribution >= 4 is 5.78 Å². The predicted octanol–water partition coefficient (Wildman–Crippen LogP) is 4.66. The molecule has 2 heteroatoms. The van der Waals surface area contributed by atoms with E-state index in [9.17, 15) is 4.79 Å². The Labute approximate surface area is 134 Å². The summed E-state index contributed by atoms with van der Waals surface area (Å²) in [6.07, 6.45) is 12.5. The molecule has 2 nitrogen and oxygen atoms in total. The van der Waals surface area contributed by atoms with Crippen LogP contribution >= 0.6 is 0 Å². The SMILES string of the molecule is COC1=CC2=CC[C@@H]3[C@H]4CCC(=O)[C@@]4(C)CC[C@@H]3[C@@]2(C)CC1. The number of allylic oxidation sites excluding steroid dienone is 4. The summed E-state index contributed by atoms with van der Waals surface area (Å²) in [6.45, 7) is 4.73. The van der Waals surface area contributed by atoms with Crippen LogP contribution in [0.1, 0.15) is 58.8 Å². The van der Waals surface area contributed by atoms with Gasteiger partial charge in [-0.25, -0.2) is 0 Å². The van der Waals surface area contributed by atoms with Gasteiger partial charge in [-0.3, -0.25) is 4.79 Å². The van der Waals surface area contributed by atoms with Gasteiger partial charge in [0.05, 0.1) is 12.9 Å². The third kappa shape index (κ3) is 1.76. The highest BCUT2D eigenvalue weighted by molar-refractivity contribution is 5.87. The number of Topliss-reactive ketones (excluding diaryl/α,β-unsaturated/α-hetero) is 1. The zero-order valence-electron chi connectivity index (χ0n) is 14.2. The molecule has 0 unspecified atom stereocenters. The molecule has 0 aliphatic heterocycles. The van der Waals surface area contributed by atoms with Gasteiger partial charge < -0.3 is 4.74 Å². The summed E-state index contributed by atoms with van der Waals surface area (Å²) in [5.41, 5.74) is 1.80. The Bertz CT molecular complexity index is 572. The number of rotatable bonds is 1. The van der Waals surface area contributed by atoms with Crippen LogP contribution in [0, 0.1) is 28.6 Å². The Morgan fingerprint density at radius 2 is 1.86 bits per heavy atom. The van der Waals surface area contributed by atoms with Gasteiger partial charge in [-0.2, -0.15) is 0 Å². The van der Waals surface area contributed by atoms with Crippen molar-refractivity contribution in [3.8, 4) is 0 Å². The Balaban J connectivity index is 1.71. The van der Waals surface area contributed by atoms with Crippen molar-refractivity contribution in [3.63, 3.8) is 0 Å². The molecule has 0 aromatic carbocycles. The van der Waals surface area contributed by atoms with Gasteiger partial charge in [-0.1, -0.05) is 19.9 Å². The minimum atomic E-state index is -0.00886. The number of hydrogen-bond donors (Lipinski definition) is 0. The second kappa shape index (κ2) is 4.72. The molecule has 4 aliphatic carbocycles. The van der Waals surface area contributed by atoms with Crippen molar-refractivity contribution in [2.75, 3.05) is 7.11 Å². The fraction of sp³-hybridized carbons (Fsp3) is 0.750. The van der Waals surface area contributed by atoms with Crippen molar-refractivity contribution < 1.29 is 9.53 Å². The third-order valence-electron chi connectivity index (χ3n) is 7.70. The first-order chi connectivity index (χ1) is 10.5. The average Bonchev–Trinajstić information content (AvgIpc) is 2.82. The normalized spacial score (nSPS) is 47.0. The number of hydrogen-bond acceptors (Lipinski definition) is 2. The van der Waals surface area contributed by atoms with Crippen LogP contribution in [0.3, 0.4) is 0 Å². The molecule has 0 aromatic rings. The summed E-state index contributed by atoms with van der Waals surface area (Å²) in [5, 5.41) is 0. The lowest BCUT2D eigenvalue weighted by Crippen LogP contribution is -2.49. The number of ether oxygens (including phenoxy) is 1. The number of fused-ring (bicyclic) bond motifs is 5. The Morgan fingerprint density at radius 1 is 1.09 bits per heavy atom. The van der Waals surface area contributed by atoms with E-state index in [1.807, 2.05) is 0 Å². The summed E-state index contributed by atoms with van der Waals surface area (Å²) in [6, 6.07) is 0. The predicted molar refractivity (Wildman–Crippen MR) is 87.2 cm³/mol. The van der Waals surface area contributed by atoms with Crippen LogP contribution in [0.15, 0.2) is 23.5 Å². The van der Waals surface area contributed by atoms with Crippen molar-refractivity contribution in [2.45, 2.75) is 58.8 Å².